The molecule has 0 spiro atoms. The van der Waals surface area contributed by atoms with Gasteiger partial charge in [0.25, 0.3) is 5.91 Å². The zero-order valence-electron chi connectivity index (χ0n) is 13.1. The fourth-order valence-corrected chi connectivity index (χ4v) is 3.19. The summed E-state index contributed by atoms with van der Waals surface area (Å²) in [6.07, 6.45) is 3.52. The van der Waals surface area contributed by atoms with Crippen LogP contribution in [0.25, 0.3) is 11.3 Å². The number of nitrogens with one attached hydrogen (secondary N) is 1. The van der Waals surface area contributed by atoms with Crippen LogP contribution in [0.4, 0.5) is 4.79 Å². The fraction of sp³-hybridized carbons (Fsp3) is 0.353. The van der Waals surface area contributed by atoms with E-state index in [0.717, 1.165) is 18.4 Å². The molecule has 1 unspecified atom stereocenters. The molecule has 0 radical (unpaired) electrons. The van der Waals surface area contributed by atoms with Crippen molar-refractivity contribution in [1.82, 2.24) is 15.2 Å². The monoisotopic (exact) mass is 345 g/mol. The standard InChI is InChI=1S/C17H16ClN3O3/c1-17(11-4-5-11)15(22)21(16(23)20-17)9-14-19-8-13(24-14)10-2-6-12(18)7-3-10/h2-3,6-8,11H,4-5,9H2,1H3,(H,20,23). The smallest absolute Gasteiger partial charge is 0.325 e. The van der Waals surface area contributed by atoms with E-state index in [4.69, 9.17) is 16.0 Å². The molecule has 4 rings (SSSR count). The van der Waals surface area contributed by atoms with Crippen molar-refractivity contribution in [2.75, 3.05) is 0 Å². The third-order valence-corrected chi connectivity index (χ3v) is 4.92. The van der Waals surface area contributed by atoms with Crippen LogP contribution in [0.3, 0.4) is 0 Å². The Balaban J connectivity index is 1.53. The maximum absolute atomic E-state index is 12.6. The number of imide groups is 1. The number of hydrogen-bond donors (Lipinski definition) is 1. The maximum Gasteiger partial charge on any atom is 0.325 e. The molecule has 2 aliphatic rings. The largest absolute Gasteiger partial charge is 0.439 e. The summed E-state index contributed by atoms with van der Waals surface area (Å²) in [5, 5.41) is 3.45. The number of oxazole rings is 1. The summed E-state index contributed by atoms with van der Waals surface area (Å²) in [5.74, 6) is 0.913. The third-order valence-electron chi connectivity index (χ3n) is 4.67. The third kappa shape index (κ3) is 2.47. The average Bonchev–Trinajstić information content (AvgIpc) is 3.28. The Kier molecular flexibility index (Phi) is 3.38. The lowest BCUT2D eigenvalue weighted by Gasteiger charge is -2.20. The minimum absolute atomic E-state index is 0.0283. The van der Waals surface area contributed by atoms with Crippen molar-refractivity contribution >= 4 is 23.5 Å². The predicted octanol–water partition coefficient (Wildman–Crippen LogP) is 3.22. The Hall–Kier alpha value is -2.34. The Morgan fingerprint density at radius 1 is 1.33 bits per heavy atom. The van der Waals surface area contributed by atoms with E-state index in [1.807, 2.05) is 12.1 Å². The second-order valence-corrected chi connectivity index (χ2v) is 6.86. The van der Waals surface area contributed by atoms with Gasteiger partial charge < -0.3 is 9.73 Å². The lowest BCUT2D eigenvalue weighted by Crippen LogP contribution is -2.46. The molecule has 2 fully saturated rings. The molecule has 1 aliphatic heterocycles. The number of halogens is 1. The highest BCUT2D eigenvalue weighted by Crippen LogP contribution is 2.42. The topological polar surface area (TPSA) is 75.4 Å². The molecule has 0 bridgehead atoms. The van der Waals surface area contributed by atoms with E-state index in [9.17, 15) is 9.59 Å². The van der Waals surface area contributed by atoms with E-state index < -0.39 is 5.54 Å². The number of nitrogens with zero attached hydrogens (tertiary/aromatic N) is 2. The molecule has 2 heterocycles. The molecule has 3 amide bonds. The number of rotatable bonds is 4. The van der Waals surface area contributed by atoms with Crippen molar-refractivity contribution in [2.45, 2.75) is 31.8 Å². The van der Waals surface area contributed by atoms with Gasteiger partial charge in [0.2, 0.25) is 5.89 Å². The Morgan fingerprint density at radius 3 is 2.71 bits per heavy atom. The van der Waals surface area contributed by atoms with Gasteiger partial charge in [0, 0.05) is 10.6 Å². The molecular formula is C17H16ClN3O3. The first-order valence-electron chi connectivity index (χ1n) is 7.82. The molecule has 7 heteroatoms. The molecule has 24 heavy (non-hydrogen) atoms. The van der Waals surface area contributed by atoms with Gasteiger partial charge in [0.05, 0.1) is 6.20 Å². The number of carbonyl (C=O) groups excluding carboxylic acids is 2. The number of urea groups is 1. The zero-order chi connectivity index (χ0) is 16.9. The highest BCUT2D eigenvalue weighted by Gasteiger charge is 2.56. The first kappa shape index (κ1) is 15.2. The van der Waals surface area contributed by atoms with Crippen LogP contribution >= 0.6 is 11.6 Å². The molecule has 1 aromatic heterocycles. The highest BCUT2D eigenvalue weighted by molar-refractivity contribution is 6.30. The molecule has 124 valence electrons. The normalized spacial score (nSPS) is 23.7. The van der Waals surface area contributed by atoms with Crippen molar-refractivity contribution in [1.29, 1.82) is 0 Å². The number of aromatic nitrogens is 1. The van der Waals surface area contributed by atoms with Crippen molar-refractivity contribution in [3.63, 3.8) is 0 Å². The second-order valence-electron chi connectivity index (χ2n) is 6.42. The van der Waals surface area contributed by atoms with E-state index in [-0.39, 0.29) is 24.4 Å². The molecule has 1 N–H and O–H groups in total. The van der Waals surface area contributed by atoms with Gasteiger partial charge in [-0.25, -0.2) is 9.78 Å². The second kappa shape index (κ2) is 5.34. The summed E-state index contributed by atoms with van der Waals surface area (Å²) >= 11 is 5.87. The Bertz CT molecular complexity index is 813. The quantitative estimate of drug-likeness (QED) is 0.863. The van der Waals surface area contributed by atoms with E-state index in [0.29, 0.717) is 16.7 Å². The minimum Gasteiger partial charge on any atom is -0.439 e. The van der Waals surface area contributed by atoms with Crippen LogP contribution < -0.4 is 5.32 Å². The van der Waals surface area contributed by atoms with E-state index in [1.54, 1.807) is 25.3 Å². The van der Waals surface area contributed by atoms with Crippen LogP contribution in [0.15, 0.2) is 34.9 Å². The lowest BCUT2D eigenvalue weighted by atomic mass is 9.96. The number of amides is 3. The fourth-order valence-electron chi connectivity index (χ4n) is 3.06. The molecule has 1 atom stereocenters. The van der Waals surface area contributed by atoms with E-state index in [1.165, 1.54) is 4.90 Å². The van der Waals surface area contributed by atoms with Crippen LogP contribution in [0.1, 0.15) is 25.7 Å². The summed E-state index contributed by atoms with van der Waals surface area (Å²) in [7, 11) is 0. The van der Waals surface area contributed by atoms with Gasteiger partial charge in [0.15, 0.2) is 5.76 Å². The number of hydrogen-bond acceptors (Lipinski definition) is 4. The number of carbonyl (C=O) groups is 2. The first-order chi connectivity index (χ1) is 11.5. The van der Waals surface area contributed by atoms with Crippen molar-refractivity contribution in [2.24, 2.45) is 5.92 Å². The van der Waals surface area contributed by atoms with Crippen molar-refractivity contribution in [3.05, 3.63) is 41.4 Å². The molecule has 1 saturated heterocycles. The summed E-state index contributed by atoms with van der Waals surface area (Å²) < 4.78 is 5.68. The van der Waals surface area contributed by atoms with Gasteiger partial charge in [0.1, 0.15) is 12.1 Å². The highest BCUT2D eigenvalue weighted by atomic mass is 35.5. The van der Waals surface area contributed by atoms with Crippen molar-refractivity contribution < 1.29 is 14.0 Å². The minimum atomic E-state index is -0.789. The summed E-state index contributed by atoms with van der Waals surface area (Å²) in [6, 6.07) is 6.78. The Morgan fingerprint density at radius 2 is 2.04 bits per heavy atom. The predicted molar refractivity (Wildman–Crippen MR) is 87.2 cm³/mol. The molecule has 6 nitrogen and oxygen atoms in total. The van der Waals surface area contributed by atoms with Gasteiger partial charge in [-0.3, -0.25) is 9.69 Å². The van der Waals surface area contributed by atoms with Crippen LogP contribution in [0.5, 0.6) is 0 Å². The van der Waals surface area contributed by atoms with Gasteiger partial charge in [-0.1, -0.05) is 11.6 Å². The van der Waals surface area contributed by atoms with Gasteiger partial charge in [-0.2, -0.15) is 0 Å². The summed E-state index contributed by atoms with van der Waals surface area (Å²) in [5.41, 5.74) is 0.0426. The van der Waals surface area contributed by atoms with Crippen LogP contribution in [0, 0.1) is 5.92 Å². The van der Waals surface area contributed by atoms with Gasteiger partial charge in [-0.05, 0) is 49.9 Å². The van der Waals surface area contributed by atoms with E-state index in [2.05, 4.69) is 10.3 Å². The maximum atomic E-state index is 12.6. The zero-order valence-corrected chi connectivity index (χ0v) is 13.8. The van der Waals surface area contributed by atoms with Crippen LogP contribution in [-0.2, 0) is 11.3 Å². The average molecular weight is 346 g/mol. The molecule has 1 aliphatic carbocycles. The van der Waals surface area contributed by atoms with Crippen LogP contribution in [-0.4, -0.2) is 27.4 Å². The first-order valence-corrected chi connectivity index (χ1v) is 8.20. The van der Waals surface area contributed by atoms with Crippen molar-refractivity contribution in [3.8, 4) is 11.3 Å². The van der Waals surface area contributed by atoms with Gasteiger partial charge >= 0.3 is 6.03 Å². The Labute approximate surface area is 143 Å². The van der Waals surface area contributed by atoms with Crippen LogP contribution in [0.2, 0.25) is 5.02 Å². The molecule has 1 aromatic carbocycles. The van der Waals surface area contributed by atoms with Gasteiger partial charge in [-0.15, -0.1) is 0 Å². The van der Waals surface area contributed by atoms with E-state index >= 15 is 0 Å². The number of benzene rings is 1. The summed E-state index contributed by atoms with van der Waals surface area (Å²) in [4.78, 5) is 30.1. The molecule has 2 aromatic rings. The lowest BCUT2D eigenvalue weighted by molar-refractivity contribution is -0.132. The summed E-state index contributed by atoms with van der Waals surface area (Å²) in [6.45, 7) is 1.82. The molecular weight excluding hydrogens is 330 g/mol. The SMILES string of the molecule is CC1(C2CC2)NC(=O)N(Cc2ncc(-c3ccc(Cl)cc3)o2)C1=O. The molecule has 1 saturated carbocycles.